The van der Waals surface area contributed by atoms with Gasteiger partial charge in [-0.25, -0.2) is 0 Å². The lowest BCUT2D eigenvalue weighted by atomic mass is 9.70. The molecule has 162 valence electrons. The Morgan fingerprint density at radius 3 is 2.38 bits per heavy atom. The van der Waals surface area contributed by atoms with E-state index in [-0.39, 0.29) is 11.5 Å². The number of ether oxygens (including phenoxy) is 1. The number of halogens is 1. The van der Waals surface area contributed by atoms with Gasteiger partial charge in [-0.1, -0.05) is 44.5 Å². The molecule has 2 aliphatic carbocycles. The van der Waals surface area contributed by atoms with Gasteiger partial charge in [-0.3, -0.25) is 9.80 Å². The van der Waals surface area contributed by atoms with Crippen molar-refractivity contribution >= 4 is 11.6 Å². The van der Waals surface area contributed by atoms with Gasteiger partial charge >= 0.3 is 0 Å². The minimum atomic E-state index is -0.406. The van der Waals surface area contributed by atoms with Crippen LogP contribution in [-0.2, 0) is 11.3 Å². The number of piperazine rings is 1. The Kier molecular flexibility index (Phi) is 6.30. The average Bonchev–Trinajstić information content (AvgIpc) is 3.16. The van der Waals surface area contributed by atoms with Gasteiger partial charge in [0.15, 0.2) is 0 Å². The van der Waals surface area contributed by atoms with Crippen molar-refractivity contribution in [3.63, 3.8) is 0 Å². The molecule has 1 aromatic carbocycles. The maximum atomic E-state index is 10.6. The first-order valence-electron chi connectivity index (χ1n) is 11.2. The Labute approximate surface area is 181 Å². The van der Waals surface area contributed by atoms with E-state index in [0.717, 1.165) is 43.7 Å². The van der Waals surface area contributed by atoms with Crippen molar-refractivity contribution in [3.05, 3.63) is 34.9 Å². The van der Waals surface area contributed by atoms with Crippen molar-refractivity contribution in [2.45, 2.75) is 58.8 Å². The van der Waals surface area contributed by atoms with E-state index < -0.39 is 6.10 Å². The second-order valence-electron chi connectivity index (χ2n) is 10.5. The topological polar surface area (TPSA) is 35.9 Å². The second kappa shape index (κ2) is 8.47. The van der Waals surface area contributed by atoms with Gasteiger partial charge < -0.3 is 9.84 Å². The first kappa shape index (κ1) is 21.6. The molecule has 1 heterocycles. The molecule has 1 aliphatic heterocycles. The molecule has 1 N–H and O–H groups in total. The summed E-state index contributed by atoms with van der Waals surface area (Å²) in [7, 11) is 0. The van der Waals surface area contributed by atoms with Crippen LogP contribution < -0.4 is 0 Å². The highest BCUT2D eigenvalue weighted by Crippen LogP contribution is 2.63. The predicted octanol–water partition coefficient (Wildman–Crippen LogP) is 4.05. The second-order valence-corrected chi connectivity index (χ2v) is 10.9. The Balaban J connectivity index is 1.19. The van der Waals surface area contributed by atoms with Crippen LogP contribution in [-0.4, -0.2) is 66.4 Å². The monoisotopic (exact) mass is 420 g/mol. The summed E-state index contributed by atoms with van der Waals surface area (Å²) in [5, 5.41) is 11.4. The Hall–Kier alpha value is -0.650. The van der Waals surface area contributed by atoms with Gasteiger partial charge in [-0.05, 0) is 53.7 Å². The minimum Gasteiger partial charge on any atom is -0.389 e. The quantitative estimate of drug-likeness (QED) is 0.721. The van der Waals surface area contributed by atoms with Crippen molar-refractivity contribution in [2.24, 2.45) is 16.7 Å². The first-order chi connectivity index (χ1) is 13.8. The molecule has 4 atom stereocenters. The maximum absolute atomic E-state index is 10.6. The van der Waals surface area contributed by atoms with Crippen LogP contribution in [0.3, 0.4) is 0 Å². The number of hydrogen-bond donors (Lipinski definition) is 1. The lowest BCUT2D eigenvalue weighted by Gasteiger charge is -2.43. The lowest BCUT2D eigenvalue weighted by Crippen LogP contribution is -2.49. The van der Waals surface area contributed by atoms with Crippen molar-refractivity contribution in [2.75, 3.05) is 39.3 Å². The lowest BCUT2D eigenvalue weighted by molar-refractivity contribution is -0.114. The number of fused-ring (bicyclic) bond motifs is 2. The van der Waals surface area contributed by atoms with Crippen LogP contribution in [0.15, 0.2) is 24.3 Å². The van der Waals surface area contributed by atoms with Gasteiger partial charge in [-0.2, -0.15) is 0 Å². The van der Waals surface area contributed by atoms with Gasteiger partial charge in [0.1, 0.15) is 0 Å². The summed E-state index contributed by atoms with van der Waals surface area (Å²) in [6.07, 6.45) is 3.77. The zero-order valence-electron chi connectivity index (χ0n) is 18.2. The maximum Gasteiger partial charge on any atom is 0.0900 e. The number of benzene rings is 1. The molecule has 4 nitrogen and oxygen atoms in total. The fraction of sp³-hybridized carbons (Fsp3) is 0.750. The van der Waals surface area contributed by atoms with Crippen molar-refractivity contribution in [1.82, 2.24) is 9.80 Å². The standard InChI is InChI=1S/C24H37ClN2O2/c1-23(2)19-8-9-24(3,14-19)22(23)29-17-21(28)16-27-12-10-26(11-13-27)15-18-4-6-20(25)7-5-18/h4-7,19,21-22,28H,8-17H2,1-3H3/t19-,21+,22+,24+/m0/s1. The summed E-state index contributed by atoms with van der Waals surface area (Å²) in [6.45, 7) is 13.3. The van der Waals surface area contributed by atoms with Crippen LogP contribution >= 0.6 is 11.6 Å². The first-order valence-corrected chi connectivity index (χ1v) is 11.6. The Bertz CT molecular complexity index is 682. The van der Waals surface area contributed by atoms with E-state index in [2.05, 4.69) is 42.7 Å². The van der Waals surface area contributed by atoms with Crippen LogP contribution in [0.5, 0.6) is 0 Å². The van der Waals surface area contributed by atoms with Gasteiger partial charge in [0.25, 0.3) is 0 Å². The molecular formula is C24H37ClN2O2. The highest BCUT2D eigenvalue weighted by Gasteiger charge is 2.60. The number of nitrogens with zero attached hydrogens (tertiary/aromatic N) is 2. The molecule has 0 aromatic heterocycles. The molecule has 0 spiro atoms. The Morgan fingerprint density at radius 2 is 1.76 bits per heavy atom. The number of aliphatic hydroxyl groups is 1. The van der Waals surface area contributed by atoms with Crippen LogP contribution in [0.25, 0.3) is 0 Å². The van der Waals surface area contributed by atoms with E-state index in [1.165, 1.54) is 24.8 Å². The third-order valence-corrected chi connectivity index (χ3v) is 8.10. The molecule has 0 radical (unpaired) electrons. The highest BCUT2D eigenvalue weighted by atomic mass is 35.5. The van der Waals surface area contributed by atoms with E-state index >= 15 is 0 Å². The van der Waals surface area contributed by atoms with Gasteiger partial charge in [0.2, 0.25) is 0 Å². The summed E-state index contributed by atoms with van der Waals surface area (Å²) >= 11 is 5.98. The number of aliphatic hydroxyl groups excluding tert-OH is 1. The molecule has 3 fully saturated rings. The molecule has 2 saturated carbocycles. The third-order valence-electron chi connectivity index (χ3n) is 7.85. The van der Waals surface area contributed by atoms with E-state index in [0.29, 0.717) is 18.6 Å². The van der Waals surface area contributed by atoms with Crippen molar-refractivity contribution in [3.8, 4) is 0 Å². The van der Waals surface area contributed by atoms with E-state index in [1.54, 1.807) is 0 Å². The molecule has 4 rings (SSSR count). The molecule has 0 amide bonds. The number of rotatable bonds is 7. The minimum absolute atomic E-state index is 0.236. The summed E-state index contributed by atoms with van der Waals surface area (Å²) in [5.74, 6) is 0.781. The van der Waals surface area contributed by atoms with Gasteiger partial charge in [0.05, 0.1) is 18.8 Å². The smallest absolute Gasteiger partial charge is 0.0900 e. The number of hydrogen-bond acceptors (Lipinski definition) is 4. The van der Waals surface area contributed by atoms with Crippen LogP contribution in [0.2, 0.25) is 5.02 Å². The van der Waals surface area contributed by atoms with Crippen molar-refractivity contribution in [1.29, 1.82) is 0 Å². The van der Waals surface area contributed by atoms with Gasteiger partial charge in [0, 0.05) is 44.3 Å². The zero-order valence-corrected chi connectivity index (χ0v) is 19.0. The summed E-state index contributed by atoms with van der Waals surface area (Å²) < 4.78 is 6.37. The number of β-amino-alcohol motifs (C(OH)–C–C–N with tert-alkyl or cyclic N) is 1. The zero-order chi connectivity index (χ0) is 20.6. The van der Waals surface area contributed by atoms with Crippen LogP contribution in [0.1, 0.15) is 45.6 Å². The van der Waals surface area contributed by atoms with E-state index in [1.807, 2.05) is 12.1 Å². The fourth-order valence-electron chi connectivity index (χ4n) is 6.21. The molecule has 0 unspecified atom stereocenters. The summed E-state index contributed by atoms with van der Waals surface area (Å²) in [6, 6.07) is 8.13. The van der Waals surface area contributed by atoms with Crippen LogP contribution in [0.4, 0.5) is 0 Å². The molecule has 1 saturated heterocycles. The molecule has 29 heavy (non-hydrogen) atoms. The summed E-state index contributed by atoms with van der Waals surface area (Å²) in [5.41, 5.74) is 1.85. The normalized spacial score (nSPS) is 33.3. The molecule has 3 aliphatic rings. The third kappa shape index (κ3) is 4.67. The van der Waals surface area contributed by atoms with Crippen LogP contribution in [0, 0.1) is 16.7 Å². The fourth-order valence-corrected chi connectivity index (χ4v) is 6.33. The van der Waals surface area contributed by atoms with Crippen molar-refractivity contribution < 1.29 is 9.84 Å². The van der Waals surface area contributed by atoms with Gasteiger partial charge in [-0.15, -0.1) is 0 Å². The largest absolute Gasteiger partial charge is 0.389 e. The Morgan fingerprint density at radius 1 is 1.10 bits per heavy atom. The molecule has 2 bridgehead atoms. The molecular weight excluding hydrogens is 384 g/mol. The SMILES string of the molecule is CC1(C)[C@H]2CC[C@](C)(C2)[C@@H]1OC[C@H](O)CN1CCN(Cc2ccc(Cl)cc2)CC1. The average molecular weight is 421 g/mol. The molecule has 1 aromatic rings. The highest BCUT2D eigenvalue weighted by molar-refractivity contribution is 6.30. The van der Waals surface area contributed by atoms with E-state index in [9.17, 15) is 5.11 Å². The van der Waals surface area contributed by atoms with E-state index in [4.69, 9.17) is 16.3 Å². The summed E-state index contributed by atoms with van der Waals surface area (Å²) in [4.78, 5) is 4.85. The predicted molar refractivity (Wildman–Crippen MR) is 118 cm³/mol. The molecule has 5 heteroatoms.